The lowest BCUT2D eigenvalue weighted by Crippen LogP contribution is -1.86. The zero-order valence-electron chi connectivity index (χ0n) is 3.06. The van der Waals surface area contributed by atoms with Crippen molar-refractivity contribution in [3.63, 3.8) is 0 Å². The fourth-order valence-electron chi connectivity index (χ4n) is 0. The Kier molecular flexibility index (Phi) is 1.57. The summed E-state index contributed by atoms with van der Waals surface area (Å²) in [5.74, 6) is -0.745. The molecule has 30 valence electrons. The minimum absolute atomic E-state index is 0.222. The third kappa shape index (κ3) is 3.47. The van der Waals surface area contributed by atoms with E-state index in [2.05, 4.69) is 0 Å². The number of rotatable bonds is 1. The van der Waals surface area contributed by atoms with Crippen LogP contribution in [-0.2, 0) is 4.79 Å². The molecule has 0 amide bonds. The molecule has 0 saturated heterocycles. The summed E-state index contributed by atoms with van der Waals surface area (Å²) in [5.41, 5.74) is 0. The van der Waals surface area contributed by atoms with Crippen LogP contribution in [0.3, 0.4) is 0 Å². The third-order valence-electron chi connectivity index (χ3n) is 0.302. The maximum atomic E-state index is 9.37. The summed E-state index contributed by atoms with van der Waals surface area (Å²) >= 11 is 0. The smallest absolute Gasteiger partial charge is 0.303 e. The van der Waals surface area contributed by atoms with E-state index in [1.165, 1.54) is 0 Å². The van der Waals surface area contributed by atoms with E-state index in [1.54, 1.807) is 6.92 Å². The number of hydrogen-bond acceptors (Lipinski definition) is 1. The van der Waals surface area contributed by atoms with Crippen molar-refractivity contribution in [3.8, 4) is 0 Å². The molecule has 0 fully saturated rings. The highest BCUT2D eigenvalue weighted by atomic mass is 16.4. The Morgan fingerprint density at radius 3 is 2.20 bits per heavy atom. The van der Waals surface area contributed by atoms with Gasteiger partial charge in [0.1, 0.15) is 0 Å². The van der Waals surface area contributed by atoms with Crippen molar-refractivity contribution < 1.29 is 9.90 Å². The van der Waals surface area contributed by atoms with E-state index in [0.717, 1.165) is 0 Å². The van der Waals surface area contributed by atoms with Gasteiger partial charge in [-0.15, -0.1) is 0 Å². The second-order valence-corrected chi connectivity index (χ2v) is 0.747. The van der Waals surface area contributed by atoms with Crippen LogP contribution in [-0.4, -0.2) is 11.1 Å². The van der Waals surface area contributed by atoms with E-state index in [1.807, 2.05) is 0 Å². The molecule has 0 spiro atoms. The van der Waals surface area contributed by atoms with Gasteiger partial charge >= 0.3 is 5.97 Å². The van der Waals surface area contributed by atoms with Crippen molar-refractivity contribution in [1.29, 1.82) is 0 Å². The van der Waals surface area contributed by atoms with Gasteiger partial charge in [0.25, 0.3) is 0 Å². The van der Waals surface area contributed by atoms with Gasteiger partial charge in [-0.05, 0) is 0 Å². The number of carboxylic acid groups (broad SMARTS) is 1. The highest BCUT2D eigenvalue weighted by Crippen LogP contribution is 1.67. The Balaban J connectivity index is 2.85. The average Bonchev–Trinajstić information content (AvgIpc) is 1.38. The van der Waals surface area contributed by atoms with Crippen LogP contribution < -0.4 is 0 Å². The first-order valence-electron chi connectivity index (χ1n) is 1.49. The van der Waals surface area contributed by atoms with Crippen molar-refractivity contribution in [2.45, 2.75) is 13.3 Å². The van der Waals surface area contributed by atoms with E-state index in [4.69, 9.17) is 5.11 Å². The molecule has 0 aliphatic heterocycles. The van der Waals surface area contributed by atoms with Gasteiger partial charge in [0.2, 0.25) is 0 Å². The summed E-state index contributed by atoms with van der Waals surface area (Å²) in [6, 6.07) is 0. The van der Waals surface area contributed by atoms with E-state index in [-0.39, 0.29) is 6.42 Å². The van der Waals surface area contributed by atoms with Gasteiger partial charge in [0.15, 0.2) is 0 Å². The Morgan fingerprint density at radius 2 is 2.20 bits per heavy atom. The molecule has 0 rings (SSSR count). The predicted molar refractivity (Wildman–Crippen MR) is 17.9 cm³/mol. The third-order valence-corrected chi connectivity index (χ3v) is 0.302. The molecule has 2 nitrogen and oxygen atoms in total. The van der Waals surface area contributed by atoms with Crippen LogP contribution in [0.1, 0.15) is 13.3 Å². The Hall–Kier alpha value is -0.530. The average molecular weight is 75.1 g/mol. The second-order valence-electron chi connectivity index (χ2n) is 0.747. The lowest BCUT2D eigenvalue weighted by molar-refractivity contribution is -0.136. The van der Waals surface area contributed by atoms with E-state index in [9.17, 15) is 4.79 Å². The van der Waals surface area contributed by atoms with Gasteiger partial charge < -0.3 is 5.11 Å². The largest absolute Gasteiger partial charge is 0.481 e. The monoisotopic (exact) mass is 75.0 g/mol. The van der Waals surface area contributed by atoms with Gasteiger partial charge in [-0.3, -0.25) is 4.79 Å². The molecule has 0 saturated carbocycles. The number of hydrogen-bond donors (Lipinski definition) is 1. The highest BCUT2D eigenvalue weighted by molar-refractivity contribution is 5.66. The van der Waals surface area contributed by atoms with Crippen LogP contribution >= 0.6 is 0 Å². The summed E-state index contributed by atoms with van der Waals surface area (Å²) in [6.07, 6.45) is 0.222. The zero-order chi connectivity index (χ0) is 4.28. The lowest BCUT2D eigenvalue weighted by atomic mass is 10.7. The summed E-state index contributed by atoms with van der Waals surface area (Å²) < 4.78 is 0. The van der Waals surface area contributed by atoms with Gasteiger partial charge in [0, 0.05) is 6.42 Å². The zero-order valence-corrected chi connectivity index (χ0v) is 3.06. The molecule has 0 aliphatic rings. The molecule has 0 bridgehead atoms. The number of carbonyl (C=O) groups is 1. The highest BCUT2D eigenvalue weighted by Gasteiger charge is 1.80. The number of carboxylic acids is 1. The summed E-state index contributed by atoms with van der Waals surface area (Å²) in [6.45, 7) is 1.60. The van der Waals surface area contributed by atoms with Gasteiger partial charge in [0.05, 0.1) is 0 Å². The van der Waals surface area contributed by atoms with E-state index < -0.39 is 5.97 Å². The van der Waals surface area contributed by atoms with Crippen LogP contribution in [0.25, 0.3) is 0 Å². The molecule has 0 unspecified atom stereocenters. The maximum absolute atomic E-state index is 9.37. The van der Waals surface area contributed by atoms with Crippen molar-refractivity contribution >= 4 is 5.97 Å². The molecular formula is C3H6O2. The molecule has 0 aromatic carbocycles. The summed E-state index contributed by atoms with van der Waals surface area (Å²) in [5, 5.41) is 7.72. The first-order valence-corrected chi connectivity index (χ1v) is 1.49. The fourth-order valence-corrected chi connectivity index (χ4v) is 0. The normalized spacial score (nSPS) is 7.40. The first-order chi connectivity index (χ1) is 2.27. The number of aliphatic carboxylic acids is 1. The Morgan fingerprint density at radius 1 is 2.00 bits per heavy atom. The molecule has 0 aliphatic carbocycles. The molecule has 0 heterocycles. The maximum Gasteiger partial charge on any atom is 0.303 e. The van der Waals surface area contributed by atoms with Crippen molar-refractivity contribution in [3.05, 3.63) is 0 Å². The van der Waals surface area contributed by atoms with Crippen LogP contribution in [0.5, 0.6) is 0 Å². The van der Waals surface area contributed by atoms with Crippen molar-refractivity contribution in [2.24, 2.45) is 0 Å². The van der Waals surface area contributed by atoms with Gasteiger partial charge in [-0.1, -0.05) is 6.92 Å². The molecule has 1 N–H and O–H groups in total. The topological polar surface area (TPSA) is 37.3 Å². The summed E-state index contributed by atoms with van der Waals surface area (Å²) in [4.78, 5) is 9.37. The quantitative estimate of drug-likeness (QED) is 0.460. The SMILES string of the molecule is [13CH3]CC(=O)O. The lowest BCUT2D eigenvalue weighted by Gasteiger charge is -1.71. The predicted octanol–water partition coefficient (Wildman–Crippen LogP) is 0.481. The van der Waals surface area contributed by atoms with Crippen molar-refractivity contribution in [2.75, 3.05) is 0 Å². The Labute approximate surface area is 30.4 Å². The van der Waals surface area contributed by atoms with E-state index in [0.29, 0.717) is 0 Å². The Bertz CT molecular complexity index is 40.2. The second kappa shape index (κ2) is 1.76. The molecule has 5 heavy (non-hydrogen) atoms. The fraction of sp³-hybridized carbons (Fsp3) is 0.667. The molecular weight excluding hydrogens is 69.0 g/mol. The molecule has 0 aromatic rings. The van der Waals surface area contributed by atoms with E-state index >= 15 is 0 Å². The molecule has 2 heteroatoms. The molecule has 0 aromatic heterocycles. The van der Waals surface area contributed by atoms with Crippen molar-refractivity contribution in [1.82, 2.24) is 0 Å². The minimum atomic E-state index is -0.745. The van der Waals surface area contributed by atoms with Crippen LogP contribution in [0.15, 0.2) is 0 Å². The standard InChI is InChI=1S/C3H6O2/c1-2-3(4)5/h2H2,1H3,(H,4,5)/i1+1. The van der Waals surface area contributed by atoms with Crippen LogP contribution in [0.4, 0.5) is 0 Å². The molecule has 0 radical (unpaired) electrons. The molecule has 0 atom stereocenters. The van der Waals surface area contributed by atoms with Crippen LogP contribution in [0.2, 0.25) is 0 Å². The minimum Gasteiger partial charge on any atom is -0.481 e. The summed E-state index contributed by atoms with van der Waals surface area (Å²) in [7, 11) is 0. The van der Waals surface area contributed by atoms with Gasteiger partial charge in [-0.2, -0.15) is 0 Å². The van der Waals surface area contributed by atoms with Crippen LogP contribution in [0, 0.1) is 0 Å². The van der Waals surface area contributed by atoms with Gasteiger partial charge in [-0.25, -0.2) is 0 Å². The first kappa shape index (κ1) is 4.47.